The fraction of sp³-hybridized carbons (Fsp3) is 0.240. The highest BCUT2D eigenvalue weighted by Gasteiger charge is 2.13. The molecule has 0 saturated carbocycles. The van der Waals surface area contributed by atoms with Crippen LogP contribution in [0.2, 0.25) is 0 Å². The van der Waals surface area contributed by atoms with Crippen molar-refractivity contribution in [3.05, 3.63) is 90.8 Å². The van der Waals surface area contributed by atoms with Gasteiger partial charge in [0, 0.05) is 30.5 Å². The Morgan fingerprint density at radius 3 is 2.78 bits per heavy atom. The van der Waals surface area contributed by atoms with Crippen LogP contribution < -0.4 is 10.5 Å². The van der Waals surface area contributed by atoms with Crippen molar-refractivity contribution >= 4 is 16.7 Å². The van der Waals surface area contributed by atoms with Crippen molar-refractivity contribution < 1.29 is 14.3 Å². The molecule has 4 aromatic rings. The number of imidazole rings is 1. The molecule has 164 valence electrons. The number of carbonyl (C=O) groups excluding carboxylic acids is 1. The maximum absolute atomic E-state index is 11.3. The first-order valence-electron chi connectivity index (χ1n) is 10.6. The lowest BCUT2D eigenvalue weighted by Gasteiger charge is -2.19. The molecule has 0 saturated heterocycles. The summed E-state index contributed by atoms with van der Waals surface area (Å²) in [6, 6.07) is 18.0. The Morgan fingerprint density at radius 1 is 1.09 bits per heavy atom. The third-order valence-corrected chi connectivity index (χ3v) is 5.18. The summed E-state index contributed by atoms with van der Waals surface area (Å²) in [5.74, 6) is 0.289. The van der Waals surface area contributed by atoms with Crippen molar-refractivity contribution in [1.29, 1.82) is 0 Å². The van der Waals surface area contributed by atoms with E-state index < -0.39 is 5.91 Å². The monoisotopic (exact) mass is 430 g/mol. The number of amides is 1. The number of benzene rings is 2. The summed E-state index contributed by atoms with van der Waals surface area (Å²) in [7, 11) is 0. The summed E-state index contributed by atoms with van der Waals surface area (Å²) in [6.45, 7) is 1.67. The van der Waals surface area contributed by atoms with E-state index in [0.717, 1.165) is 34.9 Å². The second-order valence-electron chi connectivity index (χ2n) is 7.61. The van der Waals surface area contributed by atoms with Gasteiger partial charge in [0.2, 0.25) is 0 Å². The van der Waals surface area contributed by atoms with Crippen molar-refractivity contribution in [2.45, 2.75) is 32.1 Å². The van der Waals surface area contributed by atoms with Gasteiger partial charge in [-0.05, 0) is 42.0 Å². The average molecular weight is 431 g/mol. The zero-order chi connectivity index (χ0) is 22.2. The molecular weight excluding hydrogens is 404 g/mol. The lowest BCUT2D eigenvalue weighted by molar-refractivity contribution is 0.0203. The van der Waals surface area contributed by atoms with Gasteiger partial charge in [-0.1, -0.05) is 36.4 Å². The van der Waals surface area contributed by atoms with Gasteiger partial charge in [-0.3, -0.25) is 9.78 Å². The molecule has 2 aromatic carbocycles. The minimum Gasteiger partial charge on any atom is -0.494 e. The molecule has 0 aliphatic rings. The molecule has 32 heavy (non-hydrogen) atoms. The summed E-state index contributed by atoms with van der Waals surface area (Å²) >= 11 is 0. The molecule has 1 amide bonds. The Morgan fingerprint density at radius 2 is 1.97 bits per heavy atom. The molecule has 2 heterocycles. The lowest BCUT2D eigenvalue weighted by Crippen LogP contribution is -2.21. The minimum atomic E-state index is -0.538. The van der Waals surface area contributed by atoms with Gasteiger partial charge in [0.15, 0.2) is 0 Å². The van der Waals surface area contributed by atoms with Crippen LogP contribution in [0.5, 0.6) is 5.75 Å². The van der Waals surface area contributed by atoms with E-state index in [1.807, 2.05) is 65.4 Å². The van der Waals surface area contributed by atoms with Crippen LogP contribution in [0.15, 0.2) is 79.5 Å². The molecule has 7 nitrogen and oxygen atoms in total. The fourth-order valence-electron chi connectivity index (χ4n) is 3.49. The van der Waals surface area contributed by atoms with Gasteiger partial charge in [-0.2, -0.15) is 0 Å². The Hall–Kier alpha value is -3.71. The Bertz CT molecular complexity index is 1160. The first kappa shape index (κ1) is 21.5. The van der Waals surface area contributed by atoms with Crippen LogP contribution in [0.25, 0.3) is 10.8 Å². The van der Waals surface area contributed by atoms with Crippen molar-refractivity contribution in [1.82, 2.24) is 14.5 Å². The van der Waals surface area contributed by atoms with Crippen molar-refractivity contribution in [3.63, 3.8) is 0 Å². The molecule has 0 aliphatic heterocycles. The topological polar surface area (TPSA) is 92.3 Å². The minimum absolute atomic E-state index is 0.0606. The van der Waals surface area contributed by atoms with Crippen LogP contribution in [0.3, 0.4) is 0 Å². The summed E-state index contributed by atoms with van der Waals surface area (Å²) in [6.07, 6.45) is 8.44. The fourth-order valence-corrected chi connectivity index (χ4v) is 3.49. The second-order valence-corrected chi connectivity index (χ2v) is 7.61. The number of nitrogens with zero attached hydrogens (tertiary/aromatic N) is 3. The zero-order valence-corrected chi connectivity index (χ0v) is 17.8. The van der Waals surface area contributed by atoms with Crippen LogP contribution in [-0.4, -0.2) is 33.2 Å². The number of fused-ring (bicyclic) bond motifs is 1. The maximum atomic E-state index is 11.3. The molecule has 0 aliphatic carbocycles. The molecule has 2 N–H and O–H groups in total. The first-order valence-corrected chi connectivity index (χ1v) is 10.6. The number of ether oxygens (including phenoxy) is 2. The first-order chi connectivity index (χ1) is 15.7. The van der Waals surface area contributed by atoms with Crippen molar-refractivity contribution in [3.8, 4) is 5.75 Å². The highest BCUT2D eigenvalue weighted by Crippen LogP contribution is 2.20. The number of hydrogen-bond donors (Lipinski definition) is 1. The van der Waals surface area contributed by atoms with E-state index in [4.69, 9.17) is 15.2 Å². The van der Waals surface area contributed by atoms with Gasteiger partial charge in [0.25, 0.3) is 5.91 Å². The number of pyridine rings is 1. The van der Waals surface area contributed by atoms with Gasteiger partial charge in [-0.25, -0.2) is 4.98 Å². The third kappa shape index (κ3) is 5.92. The molecule has 7 heteroatoms. The summed E-state index contributed by atoms with van der Waals surface area (Å²) < 4.78 is 14.0. The van der Waals surface area contributed by atoms with E-state index >= 15 is 0 Å². The van der Waals surface area contributed by atoms with Crippen molar-refractivity contribution in [2.24, 2.45) is 5.73 Å². The molecule has 1 atom stereocenters. The smallest absolute Gasteiger partial charge is 0.268 e. The van der Waals surface area contributed by atoms with E-state index in [1.54, 1.807) is 18.7 Å². The highest BCUT2D eigenvalue weighted by atomic mass is 16.5. The summed E-state index contributed by atoms with van der Waals surface area (Å²) in [5, 5.41) is 2.19. The van der Waals surface area contributed by atoms with Gasteiger partial charge < -0.3 is 19.8 Å². The highest BCUT2D eigenvalue weighted by molar-refractivity contribution is 5.90. The second kappa shape index (κ2) is 10.5. The number of rotatable bonds is 11. The van der Waals surface area contributed by atoms with Gasteiger partial charge >= 0.3 is 0 Å². The molecule has 2 aromatic heterocycles. The standard InChI is InChI=1S/C25H26N4O3/c26-25(30)24-16-29(18-28-24)15-23(32-17-19-5-2-1-3-6-19)7-4-12-31-22-9-8-20-10-11-27-14-21(20)13-22/h1-3,5-6,8-11,13-14,16,18,23H,4,7,12,15,17H2,(H2,26,30). The largest absolute Gasteiger partial charge is 0.494 e. The van der Waals surface area contributed by atoms with Gasteiger partial charge in [0.05, 0.1) is 25.6 Å². The van der Waals surface area contributed by atoms with E-state index in [9.17, 15) is 4.79 Å². The normalized spacial score (nSPS) is 12.0. The zero-order valence-electron chi connectivity index (χ0n) is 17.8. The van der Waals surface area contributed by atoms with E-state index in [-0.39, 0.29) is 11.8 Å². The molecule has 0 radical (unpaired) electrons. The maximum Gasteiger partial charge on any atom is 0.268 e. The average Bonchev–Trinajstić information content (AvgIpc) is 3.29. The quantitative estimate of drug-likeness (QED) is 0.364. The molecular formula is C25H26N4O3. The van der Waals surface area contributed by atoms with Crippen LogP contribution in [0, 0.1) is 0 Å². The SMILES string of the molecule is NC(=O)c1cn(CC(CCCOc2ccc3ccncc3c2)OCc2ccccc2)cn1. The van der Waals surface area contributed by atoms with Gasteiger partial charge in [-0.15, -0.1) is 0 Å². The Labute approximate surface area is 186 Å². The molecule has 0 fully saturated rings. The molecule has 4 rings (SSSR count). The van der Waals surface area contributed by atoms with Crippen LogP contribution in [-0.2, 0) is 17.9 Å². The third-order valence-electron chi connectivity index (χ3n) is 5.18. The van der Waals surface area contributed by atoms with E-state index in [0.29, 0.717) is 19.8 Å². The van der Waals surface area contributed by atoms with E-state index in [2.05, 4.69) is 9.97 Å². The summed E-state index contributed by atoms with van der Waals surface area (Å²) in [4.78, 5) is 19.5. The lowest BCUT2D eigenvalue weighted by atomic mass is 10.1. The van der Waals surface area contributed by atoms with Gasteiger partial charge in [0.1, 0.15) is 11.4 Å². The summed E-state index contributed by atoms with van der Waals surface area (Å²) in [5.41, 5.74) is 6.68. The van der Waals surface area contributed by atoms with Crippen LogP contribution >= 0.6 is 0 Å². The molecule has 0 spiro atoms. The number of aromatic nitrogens is 3. The predicted octanol–water partition coefficient (Wildman–Crippen LogP) is 3.97. The van der Waals surface area contributed by atoms with E-state index in [1.165, 1.54) is 0 Å². The number of hydrogen-bond acceptors (Lipinski definition) is 5. The van der Waals surface area contributed by atoms with Crippen molar-refractivity contribution in [2.75, 3.05) is 6.61 Å². The van der Waals surface area contributed by atoms with Crippen LogP contribution in [0.1, 0.15) is 28.9 Å². The molecule has 1 unspecified atom stereocenters. The number of nitrogens with two attached hydrogens (primary N) is 1. The number of primary amides is 1. The Balaban J connectivity index is 1.33. The van der Waals surface area contributed by atoms with Crippen LogP contribution in [0.4, 0.5) is 0 Å². The Kier molecular flexibility index (Phi) is 7.09. The predicted molar refractivity (Wildman–Crippen MR) is 122 cm³/mol. The number of carbonyl (C=O) groups is 1. The molecule has 0 bridgehead atoms.